The lowest BCUT2D eigenvalue weighted by Gasteiger charge is -2.19. The summed E-state index contributed by atoms with van der Waals surface area (Å²) >= 11 is 0. The Hall–Kier alpha value is -3.48. The van der Waals surface area contributed by atoms with E-state index in [1.807, 2.05) is 44.2 Å². The second-order valence-corrected chi connectivity index (χ2v) is 8.85. The first-order chi connectivity index (χ1) is 14.6. The molecule has 4 rings (SSSR count). The van der Waals surface area contributed by atoms with Crippen LogP contribution in [-0.4, -0.2) is 21.9 Å². The van der Waals surface area contributed by atoms with E-state index in [1.54, 1.807) is 6.07 Å². The number of hydrogen-bond acceptors (Lipinski definition) is 6. The van der Waals surface area contributed by atoms with Crippen molar-refractivity contribution in [2.75, 3.05) is 4.90 Å². The molecule has 2 heterocycles. The number of aryl methyl sites for hydroxylation is 2. The molecule has 1 aliphatic heterocycles. The maximum Gasteiger partial charge on any atom is 0.299 e. The van der Waals surface area contributed by atoms with Crippen molar-refractivity contribution < 1.29 is 18.7 Å². The highest BCUT2D eigenvalue weighted by molar-refractivity contribution is 6.52. The lowest BCUT2D eigenvalue weighted by atomic mass is 9.87. The van der Waals surface area contributed by atoms with Crippen LogP contribution < -0.4 is 9.64 Å². The summed E-state index contributed by atoms with van der Waals surface area (Å²) in [5.74, 6) is 0.152. The Labute approximate surface area is 181 Å². The van der Waals surface area contributed by atoms with Crippen LogP contribution in [0.3, 0.4) is 0 Å². The van der Waals surface area contributed by atoms with Gasteiger partial charge in [-0.1, -0.05) is 39.0 Å². The van der Waals surface area contributed by atoms with Gasteiger partial charge in [-0.05, 0) is 54.2 Å². The number of fused-ring (bicyclic) bond motifs is 1. The van der Waals surface area contributed by atoms with E-state index in [2.05, 4.69) is 31.0 Å². The summed E-state index contributed by atoms with van der Waals surface area (Å²) < 4.78 is 11.4. The first-order valence-corrected chi connectivity index (χ1v) is 10.2. The van der Waals surface area contributed by atoms with Crippen LogP contribution in [0, 0.1) is 13.8 Å². The van der Waals surface area contributed by atoms with E-state index in [1.165, 1.54) is 10.5 Å². The fourth-order valence-electron chi connectivity index (χ4n) is 3.72. The van der Waals surface area contributed by atoms with Crippen molar-refractivity contribution in [2.24, 2.45) is 0 Å². The van der Waals surface area contributed by atoms with Crippen molar-refractivity contribution >= 4 is 17.4 Å². The van der Waals surface area contributed by atoms with E-state index < -0.39 is 11.7 Å². The predicted molar refractivity (Wildman–Crippen MR) is 115 cm³/mol. The molecule has 0 saturated carbocycles. The second-order valence-electron chi connectivity index (χ2n) is 8.85. The Balaban J connectivity index is 1.45. The van der Waals surface area contributed by atoms with Crippen molar-refractivity contribution in [3.05, 3.63) is 70.4 Å². The van der Waals surface area contributed by atoms with Gasteiger partial charge >= 0.3 is 0 Å². The molecule has 1 aromatic heterocycles. The molecule has 1 aliphatic rings. The monoisotopic (exact) mass is 419 g/mol. The molecule has 0 atom stereocenters. The number of ether oxygens (including phenoxy) is 1. The number of benzene rings is 2. The van der Waals surface area contributed by atoms with Gasteiger partial charge in [-0.25, -0.2) is 0 Å². The molecule has 0 fully saturated rings. The highest BCUT2D eigenvalue weighted by Gasteiger charge is 2.38. The first kappa shape index (κ1) is 20.8. The molecule has 2 aromatic carbocycles. The highest BCUT2D eigenvalue weighted by atomic mass is 16.5. The number of hydrogen-bond donors (Lipinski definition) is 0. The molecule has 7 nitrogen and oxygen atoms in total. The third-order valence-electron chi connectivity index (χ3n) is 5.28. The van der Waals surface area contributed by atoms with Crippen LogP contribution in [0.2, 0.25) is 0 Å². The van der Waals surface area contributed by atoms with Crippen LogP contribution in [0.25, 0.3) is 0 Å². The Kier molecular flexibility index (Phi) is 5.13. The molecular weight excluding hydrogens is 394 g/mol. The predicted octanol–water partition coefficient (Wildman–Crippen LogP) is 4.29. The normalized spacial score (nSPS) is 13.6. The molecule has 0 N–H and O–H groups in total. The first-order valence-electron chi connectivity index (χ1n) is 10.2. The van der Waals surface area contributed by atoms with Gasteiger partial charge < -0.3 is 9.15 Å². The van der Waals surface area contributed by atoms with Gasteiger partial charge in [0.2, 0.25) is 5.89 Å². The summed E-state index contributed by atoms with van der Waals surface area (Å²) in [6, 6.07) is 11.6. The van der Waals surface area contributed by atoms with Gasteiger partial charge in [-0.3, -0.25) is 14.5 Å². The maximum absolute atomic E-state index is 12.5. The van der Waals surface area contributed by atoms with Crippen LogP contribution >= 0.6 is 0 Å². The van der Waals surface area contributed by atoms with Crippen LogP contribution in [0.15, 0.2) is 40.8 Å². The number of ketones is 1. The quantitative estimate of drug-likeness (QED) is 0.574. The Morgan fingerprint density at radius 3 is 2.35 bits per heavy atom. The minimum Gasteiger partial charge on any atom is -0.484 e. The van der Waals surface area contributed by atoms with Crippen molar-refractivity contribution in [3.8, 4) is 5.75 Å². The smallest absolute Gasteiger partial charge is 0.299 e. The minimum atomic E-state index is -0.585. The van der Waals surface area contributed by atoms with Gasteiger partial charge in [0.15, 0.2) is 6.61 Å². The minimum absolute atomic E-state index is 0.0365. The average Bonchev–Trinajstić information content (AvgIpc) is 3.25. The molecule has 3 aromatic rings. The molecule has 0 spiro atoms. The molecule has 0 unspecified atom stereocenters. The van der Waals surface area contributed by atoms with Gasteiger partial charge in [0.05, 0.1) is 11.3 Å². The van der Waals surface area contributed by atoms with Gasteiger partial charge in [0, 0.05) is 0 Å². The zero-order valence-electron chi connectivity index (χ0n) is 18.4. The number of Topliss-reactive ketones (excluding diaryl/α,β-unsaturated/α-hetero) is 1. The zero-order valence-corrected chi connectivity index (χ0v) is 18.4. The van der Waals surface area contributed by atoms with Gasteiger partial charge in [-0.2, -0.15) is 0 Å². The Bertz CT molecular complexity index is 1160. The topological polar surface area (TPSA) is 85.5 Å². The van der Waals surface area contributed by atoms with Crippen LogP contribution in [-0.2, 0) is 23.4 Å². The number of anilines is 1. The summed E-state index contributed by atoms with van der Waals surface area (Å²) in [6.45, 7) is 10.4. The summed E-state index contributed by atoms with van der Waals surface area (Å²) in [5.41, 5.74) is 4.11. The summed E-state index contributed by atoms with van der Waals surface area (Å²) in [7, 11) is 0. The number of carbonyl (C=O) groups is 2. The van der Waals surface area contributed by atoms with Crippen LogP contribution in [0.5, 0.6) is 5.75 Å². The van der Waals surface area contributed by atoms with E-state index >= 15 is 0 Å². The third kappa shape index (κ3) is 4.08. The lowest BCUT2D eigenvalue weighted by molar-refractivity contribution is -0.114. The number of amides is 1. The van der Waals surface area contributed by atoms with E-state index in [4.69, 9.17) is 9.15 Å². The fourth-order valence-corrected chi connectivity index (χ4v) is 3.72. The fraction of sp³-hybridized carbons (Fsp3) is 0.333. The molecule has 31 heavy (non-hydrogen) atoms. The number of nitrogens with zero attached hydrogens (tertiary/aromatic N) is 3. The lowest BCUT2D eigenvalue weighted by Crippen LogP contribution is -2.29. The summed E-state index contributed by atoms with van der Waals surface area (Å²) in [4.78, 5) is 26.3. The number of carbonyl (C=O) groups excluding carboxylic acids is 2. The Morgan fingerprint density at radius 2 is 1.68 bits per heavy atom. The van der Waals surface area contributed by atoms with E-state index in [0.717, 1.165) is 11.1 Å². The SMILES string of the molecule is Cc1cc(C)c2c(c1)C(=O)C(=O)N2Cc1nnc(COc2ccc(C(C)(C)C)cc2)o1. The second kappa shape index (κ2) is 7.65. The summed E-state index contributed by atoms with van der Waals surface area (Å²) in [5, 5.41) is 8.02. The molecule has 0 bridgehead atoms. The molecule has 160 valence electrons. The average molecular weight is 419 g/mol. The van der Waals surface area contributed by atoms with Crippen molar-refractivity contribution in [1.29, 1.82) is 0 Å². The van der Waals surface area contributed by atoms with Crippen molar-refractivity contribution in [2.45, 2.75) is 53.2 Å². The standard InChI is InChI=1S/C24H25N3O4/c1-14-10-15(2)21-18(11-14)22(28)23(29)27(21)12-19-25-26-20(31-19)13-30-17-8-6-16(7-9-17)24(3,4)5/h6-11H,12-13H2,1-5H3. The number of rotatable bonds is 5. The molecule has 0 aliphatic carbocycles. The Morgan fingerprint density at radius 1 is 1.00 bits per heavy atom. The van der Waals surface area contributed by atoms with Gasteiger partial charge in [-0.15, -0.1) is 10.2 Å². The molecule has 7 heteroatoms. The van der Waals surface area contributed by atoms with E-state index in [-0.39, 0.29) is 24.5 Å². The van der Waals surface area contributed by atoms with E-state index in [0.29, 0.717) is 22.9 Å². The van der Waals surface area contributed by atoms with E-state index in [9.17, 15) is 9.59 Å². The molecule has 1 amide bonds. The third-order valence-corrected chi connectivity index (χ3v) is 5.28. The number of aromatic nitrogens is 2. The molecule has 0 saturated heterocycles. The summed E-state index contributed by atoms with van der Waals surface area (Å²) in [6.07, 6.45) is 0. The zero-order chi connectivity index (χ0) is 22.3. The van der Waals surface area contributed by atoms with Crippen molar-refractivity contribution in [1.82, 2.24) is 10.2 Å². The van der Waals surface area contributed by atoms with Gasteiger partial charge in [0.25, 0.3) is 17.6 Å². The molecule has 0 radical (unpaired) electrons. The van der Waals surface area contributed by atoms with Crippen LogP contribution in [0.1, 0.15) is 59.6 Å². The van der Waals surface area contributed by atoms with Gasteiger partial charge in [0.1, 0.15) is 12.3 Å². The largest absolute Gasteiger partial charge is 0.484 e. The maximum atomic E-state index is 12.5. The van der Waals surface area contributed by atoms with Crippen LogP contribution in [0.4, 0.5) is 5.69 Å². The highest BCUT2D eigenvalue weighted by Crippen LogP contribution is 2.34. The van der Waals surface area contributed by atoms with Crippen molar-refractivity contribution in [3.63, 3.8) is 0 Å². The molecular formula is C24H25N3O4.